The third kappa shape index (κ3) is 6.74. The van der Waals surface area contributed by atoms with Crippen LogP contribution in [0.25, 0.3) is 0 Å². The molecule has 0 saturated carbocycles. The van der Waals surface area contributed by atoms with Gasteiger partial charge in [0.05, 0.1) is 0 Å². The van der Waals surface area contributed by atoms with E-state index in [-0.39, 0.29) is 37.2 Å². The third-order valence-corrected chi connectivity index (χ3v) is 19.7. The summed E-state index contributed by atoms with van der Waals surface area (Å²) in [5, 5.41) is 1.61. The fourth-order valence-electron chi connectivity index (χ4n) is 8.85. The van der Waals surface area contributed by atoms with Crippen molar-refractivity contribution in [2.75, 3.05) is 64.0 Å². The van der Waals surface area contributed by atoms with Gasteiger partial charge in [-0.2, -0.15) is 0 Å². The van der Waals surface area contributed by atoms with Gasteiger partial charge in [0.2, 0.25) is 0 Å². The predicted molar refractivity (Wildman–Crippen MR) is 211 cm³/mol. The van der Waals surface area contributed by atoms with Gasteiger partial charge in [-0.05, 0) is 0 Å². The number of benzene rings is 3. The summed E-state index contributed by atoms with van der Waals surface area (Å²) in [5.41, 5.74) is 8.94. The molecule has 0 fully saturated rings. The van der Waals surface area contributed by atoms with Gasteiger partial charge in [0.25, 0.3) is 0 Å². The van der Waals surface area contributed by atoms with Crippen molar-refractivity contribution in [2.45, 2.75) is 74.3 Å². The normalized spacial score (nSPS) is 15.0. The number of ether oxygens (including phenoxy) is 9. The molecule has 1 aliphatic rings. The fraction of sp³-hybridized carbons (Fsp3) is 0.476. The van der Waals surface area contributed by atoms with Crippen molar-refractivity contribution in [3.05, 3.63) is 54.0 Å². The van der Waals surface area contributed by atoms with Crippen molar-refractivity contribution in [1.29, 1.82) is 0 Å². The van der Waals surface area contributed by atoms with Gasteiger partial charge in [0, 0.05) is 0 Å². The number of rotatable bonds is 13. The molecule has 9 nitrogen and oxygen atoms in total. The molecule has 308 valence electrons. The van der Waals surface area contributed by atoms with Crippen molar-refractivity contribution in [2.24, 2.45) is 0 Å². The Morgan fingerprint density at radius 1 is 0.357 bits per heavy atom. The summed E-state index contributed by atoms with van der Waals surface area (Å²) in [6, 6.07) is 0. The summed E-state index contributed by atoms with van der Waals surface area (Å²) in [5.74, 6) is 5.34. The maximum atomic E-state index is 6.63. The minimum Gasteiger partial charge on any atom is -1.00 e. The largest absolute Gasteiger partial charge is 1.00 e. The maximum Gasteiger partial charge on any atom is -1.00 e. The van der Waals surface area contributed by atoms with Gasteiger partial charge in [-0.1, -0.05) is 0 Å². The quantitative estimate of drug-likeness (QED) is 0.144. The Hall–Kier alpha value is -2.86. The van der Waals surface area contributed by atoms with Crippen LogP contribution in [0.2, 0.25) is 5.04 Å². The Balaban J connectivity index is 0.00000523. The molecule has 0 amide bonds. The van der Waals surface area contributed by atoms with Crippen LogP contribution in [0.5, 0.6) is 51.7 Å². The molecule has 1 aliphatic carbocycles. The van der Waals surface area contributed by atoms with Crippen LogP contribution in [0.1, 0.15) is 61.1 Å². The molecule has 4 rings (SSSR count). The summed E-state index contributed by atoms with van der Waals surface area (Å²) < 4.78 is 59.8. The number of allylic oxidation sites excluding steroid dienone is 4. The van der Waals surface area contributed by atoms with Crippen LogP contribution in [-0.2, 0) is 20.4 Å². The Labute approximate surface area is 365 Å². The van der Waals surface area contributed by atoms with E-state index in [2.05, 4.69) is 68.9 Å². The Morgan fingerprint density at radius 2 is 0.571 bits per heavy atom. The van der Waals surface area contributed by atoms with Gasteiger partial charge in [0.1, 0.15) is 0 Å². The van der Waals surface area contributed by atoms with E-state index < -0.39 is 13.1 Å². The van der Waals surface area contributed by atoms with Crippen LogP contribution in [0.4, 0.5) is 0 Å². The van der Waals surface area contributed by atoms with Gasteiger partial charge in [-0.25, -0.2) is 0 Å². The Bertz CT molecular complexity index is 1840. The molecule has 0 aromatic heterocycles. The minimum atomic E-state index is -4.13. The zero-order valence-electron chi connectivity index (χ0n) is 36.3. The molecule has 0 radical (unpaired) electrons. The molecule has 0 bridgehead atoms. The van der Waals surface area contributed by atoms with Crippen molar-refractivity contribution >= 4 is 23.6 Å². The third-order valence-electron chi connectivity index (χ3n) is 12.2. The first-order valence-electron chi connectivity index (χ1n) is 17.5. The monoisotopic (exact) mass is 886 g/mol. The first-order valence-corrected chi connectivity index (χ1v) is 20.3. The molecule has 0 spiro atoms. The molecule has 56 heavy (non-hydrogen) atoms. The van der Waals surface area contributed by atoms with Gasteiger partial charge < -0.3 is 37.2 Å². The summed E-state index contributed by atoms with van der Waals surface area (Å²) in [6.07, 6.45) is 0. The van der Waals surface area contributed by atoms with E-state index in [1.54, 1.807) is 64.0 Å². The van der Waals surface area contributed by atoms with E-state index in [0.29, 0.717) is 51.7 Å². The fourth-order valence-corrected chi connectivity index (χ4v) is 17.4. The molecular formula is C42H57Cl3O9SiTi. The molecule has 0 N–H and O–H groups in total. The van der Waals surface area contributed by atoms with Crippen molar-refractivity contribution in [3.63, 3.8) is 0 Å². The zero-order valence-corrected chi connectivity index (χ0v) is 41.1. The second-order valence-corrected chi connectivity index (χ2v) is 18.6. The molecular weight excluding hydrogens is 831 g/mol. The molecule has 3 aromatic carbocycles. The van der Waals surface area contributed by atoms with E-state index in [4.69, 9.17) is 42.6 Å². The van der Waals surface area contributed by atoms with Crippen LogP contribution in [0.3, 0.4) is 0 Å². The van der Waals surface area contributed by atoms with E-state index in [1.807, 2.05) is 20.8 Å². The van der Waals surface area contributed by atoms with Gasteiger partial charge in [-0.15, -0.1) is 0 Å². The summed E-state index contributed by atoms with van der Waals surface area (Å²) in [7, 11) is 11.1. The second-order valence-electron chi connectivity index (χ2n) is 13.8. The topological polar surface area (TPSA) is 83.1 Å². The number of hydrogen-bond acceptors (Lipinski definition) is 9. The van der Waals surface area contributed by atoms with E-state index >= 15 is 0 Å². The average Bonchev–Trinajstić information content (AvgIpc) is 3.30. The molecule has 0 heterocycles. The maximum absolute atomic E-state index is 6.63. The van der Waals surface area contributed by atoms with E-state index in [9.17, 15) is 0 Å². The molecule has 1 atom stereocenters. The van der Waals surface area contributed by atoms with Crippen molar-refractivity contribution in [1.82, 2.24) is 0 Å². The van der Waals surface area contributed by atoms with Gasteiger partial charge in [0.15, 0.2) is 0 Å². The standard InChI is InChI=1S/C42H57O9Si.3ClH.Ti/c1-21-20-42(10,29(9)22(21)2)52(39-33(46-14)26(6)23(3)30(43-11)36(39)49-17,40-34(47-15)27(7)24(4)31(44-12)37(40)50-18)41-35(48-16)28(8)25(5)32(45-13)38(41)51-19;;;;/h1-19H3;3*1H;/q;;;;+3/p-3. The Morgan fingerprint density at radius 3 is 0.750 bits per heavy atom. The summed E-state index contributed by atoms with van der Waals surface area (Å²) in [6.45, 7) is 21.2. The van der Waals surface area contributed by atoms with Crippen LogP contribution < -0.4 is 95.4 Å². The number of halogens is 3. The molecule has 3 aromatic rings. The first kappa shape index (κ1) is 51.2. The first-order chi connectivity index (χ1) is 25.0. The average molecular weight is 888 g/mol. The molecule has 1 unspecified atom stereocenters. The van der Waals surface area contributed by atoms with E-state index in [0.717, 1.165) is 48.9 Å². The van der Waals surface area contributed by atoms with Crippen molar-refractivity contribution in [3.8, 4) is 51.7 Å². The van der Waals surface area contributed by atoms with Gasteiger partial charge in [-0.3, -0.25) is 0 Å². The molecule has 14 heteroatoms. The zero-order chi connectivity index (χ0) is 40.1. The number of hydrogen-bond donors (Lipinski definition) is 0. The second kappa shape index (κ2) is 19.3. The van der Waals surface area contributed by atoms with Gasteiger partial charge >= 0.3 is 331 Å². The van der Waals surface area contributed by atoms with Crippen LogP contribution in [-0.4, -0.2) is 72.1 Å². The van der Waals surface area contributed by atoms with E-state index in [1.165, 1.54) is 20.6 Å². The van der Waals surface area contributed by atoms with Crippen LogP contribution >= 0.6 is 0 Å². The predicted octanol–water partition coefficient (Wildman–Crippen LogP) is -1.97. The van der Waals surface area contributed by atoms with Crippen LogP contribution in [0, 0.1) is 41.5 Å². The summed E-state index contributed by atoms with van der Waals surface area (Å²) >= 11 is 2.22. The molecule has 0 saturated heterocycles. The molecule has 0 aliphatic heterocycles. The smallest absolute Gasteiger partial charge is 1.00 e. The number of methoxy groups -OCH3 is 9. The SMILES string of the molecule is COc1c(C)c(C)c(OC)c([Si](c2c(OC)c(C)c(C)c(OC)c2OC)(c2c(OC)c(C)c(C)c(OC)c2OC)C2(C)C(C)=C(C)C(C)=[C]2[Ti+3])c1OC.[Cl-].[Cl-].[Cl-]. The Kier molecular flexibility index (Phi) is 17.6. The van der Waals surface area contributed by atoms with Crippen molar-refractivity contribution < 1.29 is 100 Å². The summed E-state index contributed by atoms with van der Waals surface area (Å²) in [4.78, 5) is 0. The van der Waals surface area contributed by atoms with Crippen LogP contribution in [0.15, 0.2) is 20.6 Å². The minimum absolute atomic E-state index is 0.